The summed E-state index contributed by atoms with van der Waals surface area (Å²) in [7, 11) is 2.00. The van der Waals surface area contributed by atoms with Gasteiger partial charge in [-0.15, -0.1) is 11.3 Å². The van der Waals surface area contributed by atoms with Crippen molar-refractivity contribution in [1.29, 1.82) is 0 Å². The molecule has 0 radical (unpaired) electrons. The van der Waals surface area contributed by atoms with Crippen molar-refractivity contribution in [3.8, 4) is 0 Å². The van der Waals surface area contributed by atoms with Crippen LogP contribution in [0.4, 0.5) is 0 Å². The van der Waals surface area contributed by atoms with Crippen LogP contribution in [0.25, 0.3) is 10.8 Å². The van der Waals surface area contributed by atoms with Gasteiger partial charge in [-0.3, -0.25) is 0 Å². The molecule has 0 aliphatic heterocycles. The molecular formula is C17H16ClNS. The standard InChI is InChI=1S/C17H16ClNS/c1-19-15(16-8-9-17(18)20-16)11-12-6-7-13-4-2-3-5-14(13)10-12/h2-10,15,19H,11H2,1H3. The predicted octanol–water partition coefficient (Wildman–Crippen LogP) is 5.06. The lowest BCUT2D eigenvalue weighted by molar-refractivity contribution is 0.602. The molecule has 0 aliphatic rings. The van der Waals surface area contributed by atoms with E-state index in [9.17, 15) is 0 Å². The zero-order chi connectivity index (χ0) is 13.9. The molecule has 3 rings (SSSR count). The molecule has 0 bridgehead atoms. The maximum Gasteiger partial charge on any atom is 0.0931 e. The van der Waals surface area contributed by atoms with Gasteiger partial charge in [0.1, 0.15) is 0 Å². The summed E-state index contributed by atoms with van der Waals surface area (Å²) in [6.07, 6.45) is 0.970. The van der Waals surface area contributed by atoms with E-state index in [-0.39, 0.29) is 0 Å². The maximum atomic E-state index is 6.03. The molecular weight excluding hydrogens is 286 g/mol. The number of rotatable bonds is 4. The summed E-state index contributed by atoms with van der Waals surface area (Å²) in [6.45, 7) is 0. The number of hydrogen-bond acceptors (Lipinski definition) is 2. The molecule has 1 N–H and O–H groups in total. The number of benzene rings is 2. The third-order valence-electron chi connectivity index (χ3n) is 3.54. The van der Waals surface area contributed by atoms with E-state index in [0.717, 1.165) is 10.8 Å². The first kappa shape index (κ1) is 13.6. The van der Waals surface area contributed by atoms with Crippen LogP contribution in [0.3, 0.4) is 0 Å². The molecule has 0 amide bonds. The number of hydrogen-bond donors (Lipinski definition) is 1. The molecule has 0 fully saturated rings. The summed E-state index contributed by atoms with van der Waals surface area (Å²) >= 11 is 7.68. The molecule has 1 unspecified atom stereocenters. The zero-order valence-electron chi connectivity index (χ0n) is 11.3. The molecule has 20 heavy (non-hydrogen) atoms. The van der Waals surface area contributed by atoms with Gasteiger partial charge in [-0.1, -0.05) is 54.1 Å². The number of halogens is 1. The second kappa shape index (κ2) is 5.96. The van der Waals surface area contributed by atoms with Crippen molar-refractivity contribution < 1.29 is 0 Å². The highest BCUT2D eigenvalue weighted by Gasteiger charge is 2.12. The summed E-state index contributed by atoms with van der Waals surface area (Å²) in [5, 5.41) is 5.96. The van der Waals surface area contributed by atoms with Crippen molar-refractivity contribution in [2.45, 2.75) is 12.5 Å². The van der Waals surface area contributed by atoms with E-state index in [4.69, 9.17) is 11.6 Å². The highest BCUT2D eigenvalue weighted by Crippen LogP contribution is 2.29. The molecule has 102 valence electrons. The summed E-state index contributed by atoms with van der Waals surface area (Å²) in [6, 6.07) is 19.5. The van der Waals surface area contributed by atoms with Crippen LogP contribution in [0.2, 0.25) is 4.34 Å². The van der Waals surface area contributed by atoms with Gasteiger partial charge in [-0.25, -0.2) is 0 Å². The minimum Gasteiger partial charge on any atom is -0.312 e. The minimum absolute atomic E-state index is 0.314. The van der Waals surface area contributed by atoms with E-state index >= 15 is 0 Å². The summed E-state index contributed by atoms with van der Waals surface area (Å²) in [4.78, 5) is 1.28. The maximum absolute atomic E-state index is 6.03. The number of likely N-dealkylation sites (N-methyl/N-ethyl adjacent to an activating group) is 1. The Morgan fingerprint density at radius 1 is 1.05 bits per heavy atom. The lowest BCUT2D eigenvalue weighted by Crippen LogP contribution is -2.17. The summed E-state index contributed by atoms with van der Waals surface area (Å²) in [5.41, 5.74) is 1.34. The molecule has 2 aromatic carbocycles. The molecule has 1 atom stereocenters. The average molecular weight is 302 g/mol. The summed E-state index contributed by atoms with van der Waals surface area (Å²) in [5.74, 6) is 0. The Balaban J connectivity index is 1.87. The Morgan fingerprint density at radius 3 is 2.55 bits per heavy atom. The fraction of sp³-hybridized carbons (Fsp3) is 0.176. The molecule has 1 aromatic heterocycles. The van der Waals surface area contributed by atoms with Crippen LogP contribution in [0.15, 0.2) is 54.6 Å². The van der Waals surface area contributed by atoms with E-state index in [1.54, 1.807) is 11.3 Å². The van der Waals surface area contributed by atoms with Gasteiger partial charge in [0.05, 0.1) is 4.34 Å². The second-order valence-electron chi connectivity index (χ2n) is 4.87. The fourth-order valence-electron chi connectivity index (χ4n) is 2.46. The van der Waals surface area contributed by atoms with Gasteiger partial charge >= 0.3 is 0 Å². The predicted molar refractivity (Wildman–Crippen MR) is 88.8 cm³/mol. The van der Waals surface area contributed by atoms with Crippen LogP contribution < -0.4 is 5.32 Å². The topological polar surface area (TPSA) is 12.0 Å². The highest BCUT2D eigenvalue weighted by atomic mass is 35.5. The van der Waals surface area contributed by atoms with Crippen LogP contribution in [0.5, 0.6) is 0 Å². The SMILES string of the molecule is CNC(Cc1ccc2ccccc2c1)c1ccc(Cl)s1. The van der Waals surface area contributed by atoms with Crippen molar-refractivity contribution >= 4 is 33.7 Å². The lowest BCUT2D eigenvalue weighted by atomic mass is 10.0. The lowest BCUT2D eigenvalue weighted by Gasteiger charge is -2.15. The molecule has 1 nitrogen and oxygen atoms in total. The number of fused-ring (bicyclic) bond motifs is 1. The van der Waals surface area contributed by atoms with Crippen LogP contribution in [0, 0.1) is 0 Å². The quantitative estimate of drug-likeness (QED) is 0.710. The minimum atomic E-state index is 0.314. The van der Waals surface area contributed by atoms with Crippen molar-refractivity contribution in [3.05, 3.63) is 69.4 Å². The van der Waals surface area contributed by atoms with Crippen LogP contribution >= 0.6 is 22.9 Å². The first-order valence-corrected chi connectivity index (χ1v) is 7.86. The normalized spacial score (nSPS) is 12.7. The van der Waals surface area contributed by atoms with Crippen LogP contribution in [-0.2, 0) is 6.42 Å². The van der Waals surface area contributed by atoms with Crippen molar-refractivity contribution in [1.82, 2.24) is 5.32 Å². The second-order valence-corrected chi connectivity index (χ2v) is 6.62. The van der Waals surface area contributed by atoms with Gasteiger partial charge in [0, 0.05) is 10.9 Å². The first-order chi connectivity index (χ1) is 9.76. The molecule has 3 heteroatoms. The van der Waals surface area contributed by atoms with E-state index in [1.807, 2.05) is 13.1 Å². The molecule has 0 saturated carbocycles. The average Bonchev–Trinajstić information content (AvgIpc) is 2.91. The Labute approximate surface area is 128 Å². The fourth-order valence-corrected chi connectivity index (χ4v) is 3.63. The number of nitrogens with one attached hydrogen (secondary N) is 1. The Hall–Kier alpha value is -1.35. The van der Waals surface area contributed by atoms with Crippen LogP contribution in [0.1, 0.15) is 16.5 Å². The van der Waals surface area contributed by atoms with E-state index in [0.29, 0.717) is 6.04 Å². The van der Waals surface area contributed by atoms with Gasteiger partial charge in [0.2, 0.25) is 0 Å². The molecule has 0 spiro atoms. The van der Waals surface area contributed by atoms with Gasteiger partial charge in [0.25, 0.3) is 0 Å². The van der Waals surface area contributed by atoms with E-state index in [1.165, 1.54) is 21.2 Å². The Morgan fingerprint density at radius 2 is 1.85 bits per heavy atom. The van der Waals surface area contributed by atoms with Crippen molar-refractivity contribution in [3.63, 3.8) is 0 Å². The van der Waals surface area contributed by atoms with Gasteiger partial charge < -0.3 is 5.32 Å². The molecule has 0 saturated heterocycles. The van der Waals surface area contributed by atoms with Crippen molar-refractivity contribution in [2.24, 2.45) is 0 Å². The number of thiophene rings is 1. The zero-order valence-corrected chi connectivity index (χ0v) is 12.8. The largest absolute Gasteiger partial charge is 0.312 e. The first-order valence-electron chi connectivity index (χ1n) is 6.66. The van der Waals surface area contributed by atoms with Gasteiger partial charge in [-0.05, 0) is 41.9 Å². The molecule has 3 aromatic rings. The van der Waals surface area contributed by atoms with Crippen molar-refractivity contribution in [2.75, 3.05) is 7.05 Å². The molecule has 0 aliphatic carbocycles. The smallest absolute Gasteiger partial charge is 0.0931 e. The van der Waals surface area contributed by atoms with Gasteiger partial charge in [-0.2, -0.15) is 0 Å². The van der Waals surface area contributed by atoms with E-state index in [2.05, 4.69) is 53.8 Å². The third kappa shape index (κ3) is 2.88. The third-order valence-corrected chi connectivity index (χ3v) is 4.88. The van der Waals surface area contributed by atoms with E-state index < -0.39 is 0 Å². The Bertz CT molecular complexity index is 720. The van der Waals surface area contributed by atoms with Gasteiger partial charge in [0.15, 0.2) is 0 Å². The van der Waals surface area contributed by atoms with Crippen LogP contribution in [-0.4, -0.2) is 7.05 Å². The summed E-state index contributed by atoms with van der Waals surface area (Å²) < 4.78 is 0.846. The molecule has 1 heterocycles. The highest BCUT2D eigenvalue weighted by molar-refractivity contribution is 7.16. The monoisotopic (exact) mass is 301 g/mol. The Kier molecular flexibility index (Phi) is 4.06.